The summed E-state index contributed by atoms with van der Waals surface area (Å²) >= 11 is 0. The fourth-order valence-corrected chi connectivity index (χ4v) is 3.10. The normalized spacial score (nSPS) is 21.2. The molecule has 0 aromatic heterocycles. The molecule has 1 aromatic rings. The topological polar surface area (TPSA) is 88.2 Å². The van der Waals surface area contributed by atoms with Crippen molar-refractivity contribution < 1.29 is 14.7 Å². The van der Waals surface area contributed by atoms with E-state index in [-0.39, 0.29) is 18.0 Å². The lowest BCUT2D eigenvalue weighted by Crippen LogP contribution is -2.36. The summed E-state index contributed by atoms with van der Waals surface area (Å²) in [5.41, 5.74) is 6.72. The van der Waals surface area contributed by atoms with Crippen molar-refractivity contribution >= 4 is 11.9 Å². The third kappa shape index (κ3) is 4.75. The molecule has 136 valence electrons. The van der Waals surface area contributed by atoms with Crippen molar-refractivity contribution in [1.82, 2.24) is 4.90 Å². The summed E-state index contributed by atoms with van der Waals surface area (Å²) in [6.45, 7) is 10.0. The zero-order valence-electron chi connectivity index (χ0n) is 15.1. The maximum Gasteiger partial charge on any atom is 0.410 e. The summed E-state index contributed by atoms with van der Waals surface area (Å²) in [4.78, 5) is 14.4. The molecule has 2 rings (SSSR count). The number of rotatable bonds is 4. The molecule has 0 radical (unpaired) electrons. The van der Waals surface area contributed by atoms with Crippen LogP contribution in [0.25, 0.3) is 0 Å². The molecule has 1 saturated heterocycles. The van der Waals surface area contributed by atoms with Crippen LogP contribution in [0.1, 0.15) is 50.8 Å². The average Bonchev–Trinajstić information content (AvgIpc) is 2.97. The fraction of sp³-hybridized carbons (Fsp3) is 0.474. The van der Waals surface area contributed by atoms with Gasteiger partial charge in [0.1, 0.15) is 5.60 Å². The van der Waals surface area contributed by atoms with Gasteiger partial charge in [-0.2, -0.15) is 0 Å². The van der Waals surface area contributed by atoms with Gasteiger partial charge in [0.25, 0.3) is 0 Å². The van der Waals surface area contributed by atoms with Crippen LogP contribution in [0.15, 0.2) is 42.1 Å². The van der Waals surface area contributed by atoms with Crippen molar-refractivity contribution in [1.29, 1.82) is 0 Å². The predicted octanol–water partition coefficient (Wildman–Crippen LogP) is 3.66. The minimum atomic E-state index is -0.534. The van der Waals surface area contributed by atoms with Crippen molar-refractivity contribution in [3.8, 4) is 0 Å². The smallest absolute Gasteiger partial charge is 0.410 e. The molecule has 2 unspecified atom stereocenters. The molecular formula is C19H27N3O3. The molecule has 1 aromatic carbocycles. The Morgan fingerprint density at radius 3 is 2.60 bits per heavy atom. The van der Waals surface area contributed by atoms with Crippen LogP contribution < -0.4 is 5.73 Å². The van der Waals surface area contributed by atoms with Crippen LogP contribution in [0.2, 0.25) is 0 Å². The molecule has 1 heterocycles. The van der Waals surface area contributed by atoms with Gasteiger partial charge in [-0.25, -0.2) is 4.79 Å². The van der Waals surface area contributed by atoms with Crippen LogP contribution in [0.4, 0.5) is 4.79 Å². The Hall–Kier alpha value is -2.50. The maximum atomic E-state index is 12.6. The fourth-order valence-electron chi connectivity index (χ4n) is 3.10. The number of hydrogen-bond donors (Lipinski definition) is 2. The molecular weight excluding hydrogens is 318 g/mol. The number of oxime groups is 1. The van der Waals surface area contributed by atoms with E-state index in [1.165, 1.54) is 0 Å². The molecule has 1 amide bonds. The Bertz CT molecular complexity index is 647. The van der Waals surface area contributed by atoms with Gasteiger partial charge in [0.2, 0.25) is 0 Å². The summed E-state index contributed by atoms with van der Waals surface area (Å²) in [5.74, 6) is 0.422. The third-order valence-corrected chi connectivity index (χ3v) is 4.21. The first-order valence-electron chi connectivity index (χ1n) is 8.43. The lowest BCUT2D eigenvalue weighted by Gasteiger charge is -2.29. The van der Waals surface area contributed by atoms with Crippen molar-refractivity contribution in [2.45, 2.75) is 45.3 Å². The average molecular weight is 345 g/mol. The highest BCUT2D eigenvalue weighted by Gasteiger charge is 2.37. The molecule has 1 fully saturated rings. The molecule has 6 heteroatoms. The van der Waals surface area contributed by atoms with Crippen molar-refractivity contribution in [2.24, 2.45) is 16.8 Å². The second-order valence-electron chi connectivity index (χ2n) is 7.38. The number of allylic oxidation sites excluding steroid dienone is 1. The summed E-state index contributed by atoms with van der Waals surface area (Å²) in [6, 6.07) is 7.34. The van der Waals surface area contributed by atoms with Crippen LogP contribution in [0, 0.1) is 5.92 Å². The van der Waals surface area contributed by atoms with Gasteiger partial charge >= 0.3 is 6.09 Å². The first kappa shape index (κ1) is 18.8. The molecule has 0 saturated carbocycles. The van der Waals surface area contributed by atoms with Crippen LogP contribution in [0.5, 0.6) is 0 Å². The molecule has 0 bridgehead atoms. The van der Waals surface area contributed by atoms with E-state index in [0.29, 0.717) is 18.0 Å². The summed E-state index contributed by atoms with van der Waals surface area (Å²) in [5, 5.41) is 11.8. The number of nitrogens with zero attached hydrogens (tertiary/aromatic N) is 2. The SMILES string of the molecule is C=CCC1CC(c2ccc(/C(N)=N\O)cc2)N(C(=O)OC(C)(C)C)C1. The highest BCUT2D eigenvalue weighted by Crippen LogP contribution is 2.38. The zero-order chi connectivity index (χ0) is 18.6. The van der Waals surface area contributed by atoms with Gasteiger partial charge < -0.3 is 20.6 Å². The first-order valence-corrected chi connectivity index (χ1v) is 8.43. The van der Waals surface area contributed by atoms with Crippen molar-refractivity contribution in [2.75, 3.05) is 6.54 Å². The number of hydrogen-bond acceptors (Lipinski definition) is 4. The van der Waals surface area contributed by atoms with Gasteiger partial charge in [0.15, 0.2) is 5.84 Å². The van der Waals surface area contributed by atoms with E-state index in [2.05, 4.69) is 11.7 Å². The standard InChI is InChI=1S/C19H27N3O3/c1-5-6-13-11-16(22(12-13)18(23)25-19(2,3)4)14-7-9-15(10-8-14)17(20)21-24/h5,7-10,13,16,24H,1,6,11-12H2,2-4H3,(H2,20,21). The van der Waals surface area contributed by atoms with E-state index in [9.17, 15) is 4.79 Å². The van der Waals surface area contributed by atoms with Crippen molar-refractivity contribution in [3.63, 3.8) is 0 Å². The molecule has 6 nitrogen and oxygen atoms in total. The molecule has 1 aliphatic heterocycles. The van der Waals surface area contributed by atoms with E-state index in [0.717, 1.165) is 18.4 Å². The number of ether oxygens (including phenoxy) is 1. The first-order chi connectivity index (χ1) is 11.7. The van der Waals surface area contributed by atoms with Gasteiger partial charge in [-0.3, -0.25) is 0 Å². The number of amides is 1. The molecule has 3 N–H and O–H groups in total. The number of carbonyl (C=O) groups excluding carboxylic acids is 1. The summed E-state index contributed by atoms with van der Waals surface area (Å²) < 4.78 is 5.57. The Morgan fingerprint density at radius 1 is 1.44 bits per heavy atom. The predicted molar refractivity (Wildman–Crippen MR) is 97.6 cm³/mol. The van der Waals surface area contributed by atoms with E-state index in [4.69, 9.17) is 15.7 Å². The molecule has 0 spiro atoms. The number of carbonyl (C=O) groups is 1. The Kier molecular flexibility index (Phi) is 5.72. The quantitative estimate of drug-likeness (QED) is 0.287. The van der Waals surface area contributed by atoms with Crippen molar-refractivity contribution in [3.05, 3.63) is 48.0 Å². The lowest BCUT2D eigenvalue weighted by atomic mass is 9.97. The maximum absolute atomic E-state index is 12.6. The second-order valence-corrected chi connectivity index (χ2v) is 7.38. The Morgan fingerprint density at radius 2 is 2.08 bits per heavy atom. The Balaban J connectivity index is 2.24. The monoisotopic (exact) mass is 345 g/mol. The summed E-state index contributed by atoms with van der Waals surface area (Å²) in [7, 11) is 0. The number of nitrogens with two attached hydrogens (primary N) is 1. The van der Waals surface area contributed by atoms with E-state index >= 15 is 0 Å². The molecule has 0 aliphatic carbocycles. The van der Waals surface area contributed by atoms with Gasteiger partial charge in [-0.05, 0) is 45.1 Å². The largest absolute Gasteiger partial charge is 0.444 e. The third-order valence-electron chi connectivity index (χ3n) is 4.21. The highest BCUT2D eigenvalue weighted by atomic mass is 16.6. The van der Waals surface area contributed by atoms with Crippen LogP contribution in [0.3, 0.4) is 0 Å². The zero-order valence-corrected chi connectivity index (χ0v) is 15.1. The second kappa shape index (κ2) is 7.59. The Labute approximate surface area is 148 Å². The van der Waals surface area contributed by atoms with Crippen LogP contribution >= 0.6 is 0 Å². The number of benzene rings is 1. The van der Waals surface area contributed by atoms with E-state index in [1.807, 2.05) is 39.0 Å². The molecule has 1 aliphatic rings. The van der Waals surface area contributed by atoms with Gasteiger partial charge in [0.05, 0.1) is 6.04 Å². The molecule has 2 atom stereocenters. The lowest BCUT2D eigenvalue weighted by molar-refractivity contribution is 0.0219. The minimum absolute atomic E-state index is 0.0545. The van der Waals surface area contributed by atoms with Crippen LogP contribution in [-0.4, -0.2) is 34.2 Å². The summed E-state index contributed by atoms with van der Waals surface area (Å²) in [6.07, 6.45) is 3.30. The minimum Gasteiger partial charge on any atom is -0.444 e. The number of amidine groups is 1. The van der Waals surface area contributed by atoms with E-state index in [1.54, 1.807) is 17.0 Å². The van der Waals surface area contributed by atoms with Gasteiger partial charge in [-0.1, -0.05) is 35.5 Å². The number of likely N-dealkylation sites (tertiary alicyclic amines) is 1. The molecule has 25 heavy (non-hydrogen) atoms. The highest BCUT2D eigenvalue weighted by molar-refractivity contribution is 5.97. The van der Waals surface area contributed by atoms with E-state index < -0.39 is 5.60 Å². The van der Waals surface area contributed by atoms with Crippen LogP contribution in [-0.2, 0) is 4.74 Å². The van der Waals surface area contributed by atoms with Gasteiger partial charge in [-0.15, -0.1) is 6.58 Å². The van der Waals surface area contributed by atoms with Gasteiger partial charge in [0, 0.05) is 12.1 Å².